The van der Waals surface area contributed by atoms with Crippen molar-refractivity contribution in [2.24, 2.45) is 41.1 Å². The van der Waals surface area contributed by atoms with Crippen LogP contribution in [0.5, 0.6) is 0 Å². The largest absolute Gasteiger partial charge is 0.480 e. The van der Waals surface area contributed by atoms with Crippen molar-refractivity contribution in [2.45, 2.75) is 182 Å². The number of rotatable bonds is 31. The van der Waals surface area contributed by atoms with E-state index in [-0.39, 0.29) is 30.6 Å². The topological polar surface area (TPSA) is 342 Å². The highest BCUT2D eigenvalue weighted by atomic mass is 16.4. The van der Waals surface area contributed by atoms with Crippen molar-refractivity contribution >= 4 is 53.2 Å². The van der Waals surface area contributed by atoms with E-state index in [0.29, 0.717) is 38.6 Å². The number of nitrogens with one attached hydrogen (secondary N) is 8. The van der Waals surface area contributed by atoms with Gasteiger partial charge in [-0.05, 0) is 75.7 Å². The van der Waals surface area contributed by atoms with Crippen molar-refractivity contribution in [3.05, 3.63) is 0 Å². The molecule has 0 aromatic carbocycles. The predicted molar refractivity (Wildman–Crippen MR) is 245 cm³/mol. The minimum absolute atomic E-state index is 0.0769. The fourth-order valence-electron chi connectivity index (χ4n) is 6.53. The molecule has 21 nitrogen and oxygen atoms in total. The van der Waals surface area contributed by atoms with Crippen LogP contribution in [-0.2, 0) is 43.2 Å². The zero-order valence-electron chi connectivity index (χ0n) is 40.7. The predicted octanol–water partition coefficient (Wildman–Crippen LogP) is -0.722. The first-order valence-corrected chi connectivity index (χ1v) is 23.0. The highest BCUT2D eigenvalue weighted by Gasteiger charge is 2.36. The Labute approximate surface area is 385 Å². The number of hydrogen-bond acceptors (Lipinski definition) is 12. The van der Waals surface area contributed by atoms with Crippen LogP contribution in [0.15, 0.2) is 0 Å². The van der Waals surface area contributed by atoms with Gasteiger partial charge >= 0.3 is 5.97 Å². The third kappa shape index (κ3) is 21.8. The number of carboxylic acids is 1. The number of hydrogen-bond donors (Lipinski definition) is 12. The van der Waals surface area contributed by atoms with Crippen LogP contribution in [0.4, 0.5) is 0 Å². The molecular weight excluding hydrogens is 845 g/mol. The summed E-state index contributed by atoms with van der Waals surface area (Å²) in [5.41, 5.74) is 11.6. The minimum atomic E-state index is -1.52. The Morgan fingerprint density at radius 1 is 0.477 bits per heavy atom. The number of carboxylic acid groups (broad SMARTS) is 1. The van der Waals surface area contributed by atoms with E-state index in [1.165, 1.54) is 13.8 Å². The minimum Gasteiger partial charge on any atom is -0.480 e. The molecule has 0 bridgehead atoms. The lowest BCUT2D eigenvalue weighted by Gasteiger charge is -2.30. The molecule has 0 aliphatic heterocycles. The second kappa shape index (κ2) is 30.3. The Balaban J connectivity index is 5.95. The molecule has 0 aliphatic carbocycles. The number of carbonyl (C=O) groups is 9. The molecule has 0 aliphatic rings. The molecule has 0 saturated carbocycles. The maximum Gasteiger partial charge on any atom is 0.326 e. The first-order valence-electron chi connectivity index (χ1n) is 23.0. The van der Waals surface area contributed by atoms with Gasteiger partial charge in [0.25, 0.3) is 0 Å². The van der Waals surface area contributed by atoms with Gasteiger partial charge in [0.1, 0.15) is 48.3 Å². The van der Waals surface area contributed by atoms with E-state index >= 15 is 0 Å². The van der Waals surface area contributed by atoms with Crippen molar-refractivity contribution in [2.75, 3.05) is 13.2 Å². The highest BCUT2D eigenvalue weighted by Crippen LogP contribution is 2.14. The summed E-state index contributed by atoms with van der Waals surface area (Å²) < 4.78 is 0. The van der Waals surface area contributed by atoms with Gasteiger partial charge in [-0.2, -0.15) is 0 Å². The molecule has 0 unspecified atom stereocenters. The number of nitrogens with two attached hydrogens (primary N) is 2. The van der Waals surface area contributed by atoms with Gasteiger partial charge in [-0.3, -0.25) is 38.4 Å². The summed E-state index contributed by atoms with van der Waals surface area (Å²) in [6.07, 6.45) is 2.94. The molecule has 0 heterocycles. The van der Waals surface area contributed by atoms with Crippen molar-refractivity contribution < 1.29 is 53.4 Å². The van der Waals surface area contributed by atoms with Gasteiger partial charge in [0.05, 0.1) is 12.6 Å². The maximum atomic E-state index is 13.8. The molecule has 0 spiro atoms. The van der Waals surface area contributed by atoms with E-state index in [1.807, 2.05) is 20.8 Å². The second-order valence-electron chi connectivity index (χ2n) is 18.3. The van der Waals surface area contributed by atoms with Gasteiger partial charge in [0.15, 0.2) is 0 Å². The van der Waals surface area contributed by atoms with Crippen LogP contribution in [0.1, 0.15) is 128 Å². The summed E-state index contributed by atoms with van der Waals surface area (Å²) in [5.74, 6) is -8.45. The van der Waals surface area contributed by atoms with Crippen LogP contribution in [0.3, 0.4) is 0 Å². The summed E-state index contributed by atoms with van der Waals surface area (Å²) in [6.45, 7) is 20.1. The zero-order valence-corrected chi connectivity index (χ0v) is 40.7. The van der Waals surface area contributed by atoms with Crippen molar-refractivity contribution in [3.63, 3.8) is 0 Å². The van der Waals surface area contributed by atoms with E-state index in [2.05, 4.69) is 42.5 Å². The molecule has 11 atom stereocenters. The van der Waals surface area contributed by atoms with Crippen molar-refractivity contribution in [1.29, 1.82) is 0 Å². The molecule has 0 fully saturated rings. The number of unbranched alkanes of at least 4 members (excludes halogenated alkanes) is 1. The standard InChI is InChI=1S/C44H82N10O11/c1-13-25(9)34(42(62)48-27(11)36(56)51-32(21-55)40(60)50-31(44(64)65)20-23(5)6)53-37(57)28(12)47-39(59)30(19-22(3)4)49-41(61)33(24(7)8)52-43(63)35(26(10)14-2)54-38(58)29(46)17-15-16-18-45/h22-35,55H,13-21,45-46H2,1-12H3,(H,47,59)(H,48,62)(H,49,61)(H,50,60)(H,51,56)(H,52,63)(H,53,57)(H,54,58)(H,64,65)/t25-,26-,27-,28-,29-,30-,31-,32-,33-,34-,35-/m0/s1. The van der Waals surface area contributed by atoms with E-state index in [9.17, 15) is 53.4 Å². The molecular formula is C44H82N10O11. The quantitative estimate of drug-likeness (QED) is 0.0383. The van der Waals surface area contributed by atoms with E-state index in [1.54, 1.807) is 48.5 Å². The third-order valence-corrected chi connectivity index (χ3v) is 11.1. The average molecular weight is 927 g/mol. The Bertz CT molecular complexity index is 1580. The molecule has 0 aromatic rings. The van der Waals surface area contributed by atoms with Crippen LogP contribution >= 0.6 is 0 Å². The molecule has 0 rings (SSSR count). The van der Waals surface area contributed by atoms with Crippen LogP contribution in [0, 0.1) is 29.6 Å². The molecule has 0 saturated heterocycles. The lowest BCUT2D eigenvalue weighted by atomic mass is 9.95. The lowest BCUT2D eigenvalue weighted by Crippen LogP contribution is -2.61. The molecule has 14 N–H and O–H groups in total. The van der Waals surface area contributed by atoms with Gasteiger partial charge in [-0.15, -0.1) is 0 Å². The SMILES string of the molecule is CC[C@H](C)[C@H](NC(=O)[C@H](C)NC(=O)[C@H](CC(C)C)NC(=O)[C@@H](NC(=O)[C@@H](NC(=O)[C@@H](N)CCCCN)[C@@H](C)CC)C(C)C)C(=O)N[C@@H](C)C(=O)N[C@@H](CO)C(=O)N[C@@H](CC(C)C)C(=O)O. The highest BCUT2D eigenvalue weighted by molar-refractivity contribution is 5.98. The second-order valence-corrected chi connectivity index (χ2v) is 18.3. The lowest BCUT2D eigenvalue weighted by molar-refractivity contribution is -0.143. The van der Waals surface area contributed by atoms with E-state index in [0.717, 1.165) is 0 Å². The number of carbonyl (C=O) groups excluding carboxylic acids is 8. The van der Waals surface area contributed by atoms with Crippen LogP contribution in [0.2, 0.25) is 0 Å². The first kappa shape index (κ1) is 60.1. The van der Waals surface area contributed by atoms with Crippen molar-refractivity contribution in [1.82, 2.24) is 42.5 Å². The summed E-state index contributed by atoms with van der Waals surface area (Å²) in [7, 11) is 0. The Hall–Kier alpha value is -4.89. The first-order chi connectivity index (χ1) is 30.3. The van der Waals surface area contributed by atoms with Crippen LogP contribution in [-0.4, -0.2) is 131 Å². The molecule has 374 valence electrons. The van der Waals surface area contributed by atoms with E-state index in [4.69, 9.17) is 11.5 Å². The summed E-state index contributed by atoms with van der Waals surface area (Å²) in [5, 5.41) is 39.9. The van der Waals surface area contributed by atoms with Gasteiger partial charge < -0.3 is 64.2 Å². The Morgan fingerprint density at radius 3 is 1.31 bits per heavy atom. The normalized spacial score (nSPS) is 16.5. The Morgan fingerprint density at radius 2 is 0.862 bits per heavy atom. The maximum absolute atomic E-state index is 13.8. The fourth-order valence-corrected chi connectivity index (χ4v) is 6.53. The summed E-state index contributed by atoms with van der Waals surface area (Å²) >= 11 is 0. The van der Waals surface area contributed by atoms with Crippen molar-refractivity contribution in [3.8, 4) is 0 Å². The number of amides is 8. The third-order valence-electron chi connectivity index (χ3n) is 11.1. The number of aliphatic hydroxyl groups is 1. The van der Waals surface area contributed by atoms with Gasteiger partial charge in [-0.25, -0.2) is 4.79 Å². The van der Waals surface area contributed by atoms with Crippen LogP contribution in [0.25, 0.3) is 0 Å². The van der Waals surface area contributed by atoms with E-state index < -0.39 is 126 Å². The smallest absolute Gasteiger partial charge is 0.326 e. The molecule has 65 heavy (non-hydrogen) atoms. The molecule has 0 radical (unpaired) electrons. The molecule has 0 aromatic heterocycles. The molecule has 21 heteroatoms. The van der Waals surface area contributed by atoms with Gasteiger partial charge in [0.2, 0.25) is 47.3 Å². The average Bonchev–Trinajstić information content (AvgIpc) is 3.23. The van der Waals surface area contributed by atoms with Gasteiger partial charge in [-0.1, -0.05) is 88.5 Å². The summed E-state index contributed by atoms with van der Waals surface area (Å²) in [6, 6.07) is -10.6. The Kier molecular flexibility index (Phi) is 28.1. The zero-order chi connectivity index (χ0) is 50.3. The fraction of sp³-hybridized carbons (Fsp3) is 0.795. The monoisotopic (exact) mass is 927 g/mol. The number of aliphatic hydroxyl groups excluding tert-OH is 1. The van der Waals surface area contributed by atoms with Gasteiger partial charge in [0, 0.05) is 0 Å². The number of aliphatic carboxylic acids is 1. The summed E-state index contributed by atoms with van der Waals surface area (Å²) in [4.78, 5) is 119. The molecule has 8 amide bonds. The van der Waals surface area contributed by atoms with Crippen LogP contribution < -0.4 is 54.0 Å².